The van der Waals surface area contributed by atoms with E-state index in [1.165, 1.54) is 0 Å². The minimum atomic E-state index is -0.245. The maximum Gasteiger partial charge on any atom is 0.410 e. The third-order valence-electron chi connectivity index (χ3n) is 4.59. The number of rotatable bonds is 3. The summed E-state index contributed by atoms with van der Waals surface area (Å²) in [6.07, 6.45) is 0.747. The molecule has 2 fully saturated rings. The maximum absolute atomic E-state index is 12.4. The zero-order chi connectivity index (χ0) is 15.6. The first-order valence-electron chi connectivity index (χ1n) is 8.00. The molecule has 0 bridgehead atoms. The highest BCUT2D eigenvalue weighted by Crippen LogP contribution is 2.44. The van der Waals surface area contributed by atoms with Crippen molar-refractivity contribution in [1.82, 2.24) is 4.90 Å². The molecule has 2 aliphatic heterocycles. The van der Waals surface area contributed by atoms with Crippen LogP contribution >= 0.6 is 0 Å². The summed E-state index contributed by atoms with van der Waals surface area (Å²) in [5.74, 6) is 0. The molecule has 0 aliphatic carbocycles. The number of ether oxygens (including phenoxy) is 2. The van der Waals surface area contributed by atoms with E-state index in [0.717, 1.165) is 17.5 Å². The Labute approximate surface area is 135 Å². The second kappa shape index (κ2) is 6.05. The Kier molecular flexibility index (Phi) is 3.75. The van der Waals surface area contributed by atoms with Gasteiger partial charge in [0.25, 0.3) is 0 Å². The smallest absolute Gasteiger partial charge is 0.410 e. The molecular weight excluding hydrogens is 290 g/mol. The van der Waals surface area contributed by atoms with Crippen LogP contribution in [0.1, 0.15) is 23.7 Å². The first-order chi connectivity index (χ1) is 11.3. The summed E-state index contributed by atoms with van der Waals surface area (Å²) in [6.45, 7) is 1.01. The van der Waals surface area contributed by atoms with Crippen molar-refractivity contribution < 1.29 is 14.3 Å². The predicted molar refractivity (Wildman–Crippen MR) is 85.8 cm³/mol. The number of nitrogens with zero attached hydrogens (tertiary/aromatic N) is 1. The highest BCUT2D eigenvalue weighted by molar-refractivity contribution is 5.69. The van der Waals surface area contributed by atoms with E-state index in [2.05, 4.69) is 0 Å². The van der Waals surface area contributed by atoms with Crippen LogP contribution in [0.3, 0.4) is 0 Å². The molecule has 4 nitrogen and oxygen atoms in total. The topological polar surface area (TPSA) is 38.8 Å². The molecule has 4 rings (SSSR count). The lowest BCUT2D eigenvalue weighted by atomic mass is 9.92. The fourth-order valence-electron chi connectivity index (χ4n) is 3.41. The van der Waals surface area contributed by atoms with Crippen molar-refractivity contribution in [2.45, 2.75) is 31.3 Å². The molecule has 4 heteroatoms. The molecule has 0 radical (unpaired) electrons. The molecule has 1 amide bonds. The van der Waals surface area contributed by atoms with Gasteiger partial charge in [0.05, 0.1) is 12.1 Å². The Hall–Kier alpha value is -2.33. The fourth-order valence-corrected chi connectivity index (χ4v) is 3.41. The van der Waals surface area contributed by atoms with Crippen LogP contribution < -0.4 is 0 Å². The number of benzene rings is 2. The SMILES string of the molecule is O=C(OCc1ccccc1)N1CC[C@@H]2O[C@H](c3ccccc3)[C@@H]21. The molecule has 0 aromatic heterocycles. The number of carbonyl (C=O) groups excluding carboxylic acids is 1. The third kappa shape index (κ3) is 2.70. The van der Waals surface area contributed by atoms with Crippen LogP contribution in [-0.4, -0.2) is 29.7 Å². The van der Waals surface area contributed by atoms with Gasteiger partial charge in [0.1, 0.15) is 12.7 Å². The molecule has 0 N–H and O–H groups in total. The van der Waals surface area contributed by atoms with Crippen LogP contribution in [-0.2, 0) is 16.1 Å². The third-order valence-corrected chi connectivity index (χ3v) is 4.59. The van der Waals surface area contributed by atoms with E-state index in [4.69, 9.17) is 9.47 Å². The molecule has 2 saturated heterocycles. The first-order valence-corrected chi connectivity index (χ1v) is 8.00. The Balaban J connectivity index is 1.41. The van der Waals surface area contributed by atoms with E-state index in [-0.39, 0.29) is 24.3 Å². The average Bonchev–Trinajstić information content (AvgIpc) is 2.91. The fraction of sp³-hybridized carbons (Fsp3) is 0.316. The molecular formula is C19H19NO3. The molecule has 2 aromatic rings. The van der Waals surface area contributed by atoms with E-state index in [0.29, 0.717) is 13.2 Å². The molecule has 2 aromatic carbocycles. The number of amides is 1. The number of fused-ring (bicyclic) bond motifs is 1. The summed E-state index contributed by atoms with van der Waals surface area (Å²) in [5, 5.41) is 0. The van der Waals surface area contributed by atoms with Crippen LogP contribution in [0.2, 0.25) is 0 Å². The summed E-state index contributed by atoms with van der Waals surface area (Å²) in [5.41, 5.74) is 2.12. The number of hydrogen-bond acceptors (Lipinski definition) is 3. The number of hydrogen-bond donors (Lipinski definition) is 0. The minimum absolute atomic E-state index is 0.0343. The lowest BCUT2D eigenvalue weighted by Crippen LogP contribution is -2.53. The normalized spacial score (nSPS) is 25.6. The summed E-state index contributed by atoms with van der Waals surface area (Å²) in [6, 6.07) is 19.9. The second-order valence-electron chi connectivity index (χ2n) is 6.02. The molecule has 2 aliphatic rings. The van der Waals surface area contributed by atoms with E-state index < -0.39 is 0 Å². The van der Waals surface area contributed by atoms with Gasteiger partial charge in [0, 0.05) is 6.54 Å². The van der Waals surface area contributed by atoms with Crippen molar-refractivity contribution in [3.05, 3.63) is 71.8 Å². The van der Waals surface area contributed by atoms with Gasteiger partial charge >= 0.3 is 6.09 Å². The van der Waals surface area contributed by atoms with Crippen molar-refractivity contribution in [3.8, 4) is 0 Å². The van der Waals surface area contributed by atoms with Gasteiger partial charge < -0.3 is 9.47 Å². The van der Waals surface area contributed by atoms with E-state index in [1.54, 1.807) is 0 Å². The van der Waals surface area contributed by atoms with Gasteiger partial charge in [-0.05, 0) is 17.5 Å². The summed E-state index contributed by atoms with van der Waals surface area (Å²) in [4.78, 5) is 14.3. The van der Waals surface area contributed by atoms with Crippen LogP contribution in [0.15, 0.2) is 60.7 Å². The second-order valence-corrected chi connectivity index (χ2v) is 6.02. The molecule has 2 heterocycles. The predicted octanol–water partition coefficient (Wildman–Crippen LogP) is 3.54. The van der Waals surface area contributed by atoms with Crippen LogP contribution in [0, 0.1) is 0 Å². The van der Waals surface area contributed by atoms with Gasteiger partial charge in [0.15, 0.2) is 0 Å². The highest BCUT2D eigenvalue weighted by Gasteiger charge is 2.52. The average molecular weight is 309 g/mol. The minimum Gasteiger partial charge on any atom is -0.445 e. The largest absolute Gasteiger partial charge is 0.445 e. The van der Waals surface area contributed by atoms with Crippen LogP contribution in [0.5, 0.6) is 0 Å². The molecule has 23 heavy (non-hydrogen) atoms. The van der Waals surface area contributed by atoms with Crippen molar-refractivity contribution >= 4 is 6.09 Å². The van der Waals surface area contributed by atoms with E-state index >= 15 is 0 Å². The van der Waals surface area contributed by atoms with E-state index in [1.807, 2.05) is 65.6 Å². The van der Waals surface area contributed by atoms with Crippen LogP contribution in [0.25, 0.3) is 0 Å². The lowest BCUT2D eigenvalue weighted by Gasteiger charge is -2.43. The van der Waals surface area contributed by atoms with Gasteiger partial charge in [-0.1, -0.05) is 60.7 Å². The van der Waals surface area contributed by atoms with Crippen molar-refractivity contribution in [1.29, 1.82) is 0 Å². The quantitative estimate of drug-likeness (QED) is 0.870. The van der Waals surface area contributed by atoms with Gasteiger partial charge in [-0.2, -0.15) is 0 Å². The monoisotopic (exact) mass is 309 g/mol. The molecule has 0 saturated carbocycles. The lowest BCUT2D eigenvalue weighted by molar-refractivity contribution is -0.162. The molecule has 3 atom stereocenters. The number of carbonyl (C=O) groups is 1. The van der Waals surface area contributed by atoms with Crippen LogP contribution in [0.4, 0.5) is 4.79 Å². The summed E-state index contributed by atoms with van der Waals surface area (Å²) < 4.78 is 11.4. The Morgan fingerprint density at radius 3 is 2.52 bits per heavy atom. The Morgan fingerprint density at radius 1 is 1.09 bits per heavy atom. The van der Waals surface area contributed by atoms with Gasteiger partial charge in [-0.15, -0.1) is 0 Å². The van der Waals surface area contributed by atoms with Crippen molar-refractivity contribution in [3.63, 3.8) is 0 Å². The maximum atomic E-state index is 12.4. The summed E-state index contributed by atoms with van der Waals surface area (Å²) >= 11 is 0. The standard InChI is InChI=1S/C19H19NO3/c21-19(22-13-14-7-3-1-4-8-14)20-12-11-16-17(20)18(23-16)15-9-5-2-6-10-15/h1-10,16-18H,11-13H2/t16-,17+,18+/m0/s1. The molecule has 118 valence electrons. The van der Waals surface area contributed by atoms with Crippen molar-refractivity contribution in [2.24, 2.45) is 0 Å². The Bertz CT molecular complexity index is 674. The van der Waals surface area contributed by atoms with Gasteiger partial charge in [-0.3, -0.25) is 4.90 Å². The zero-order valence-electron chi connectivity index (χ0n) is 12.8. The first kappa shape index (κ1) is 14.3. The van der Waals surface area contributed by atoms with Gasteiger partial charge in [-0.25, -0.2) is 4.79 Å². The van der Waals surface area contributed by atoms with Crippen molar-refractivity contribution in [2.75, 3.05) is 6.54 Å². The molecule has 0 unspecified atom stereocenters. The molecule has 0 spiro atoms. The van der Waals surface area contributed by atoms with Gasteiger partial charge in [0.2, 0.25) is 0 Å². The number of likely N-dealkylation sites (tertiary alicyclic amines) is 1. The van der Waals surface area contributed by atoms with E-state index in [9.17, 15) is 4.79 Å². The zero-order valence-corrected chi connectivity index (χ0v) is 12.8. The highest BCUT2D eigenvalue weighted by atomic mass is 16.6. The Morgan fingerprint density at radius 2 is 1.78 bits per heavy atom. The summed E-state index contributed by atoms with van der Waals surface area (Å²) in [7, 11) is 0.